The Kier molecular flexibility index (Phi) is 6.12. The van der Waals surface area contributed by atoms with E-state index in [9.17, 15) is 18.3 Å². The quantitative estimate of drug-likeness (QED) is 0.395. The predicted octanol–water partition coefficient (Wildman–Crippen LogP) is 4.56. The number of aromatic amines is 1. The van der Waals surface area contributed by atoms with Crippen molar-refractivity contribution in [2.24, 2.45) is 10.2 Å². The Bertz CT molecular complexity index is 1530. The Morgan fingerprint density at radius 1 is 1.06 bits per heavy atom. The largest absolute Gasteiger partial charge is 0.493 e. The van der Waals surface area contributed by atoms with Gasteiger partial charge in [-0.05, 0) is 49.4 Å². The van der Waals surface area contributed by atoms with Crippen molar-refractivity contribution >= 4 is 38.2 Å². The van der Waals surface area contributed by atoms with E-state index in [4.69, 9.17) is 5.26 Å². The second-order valence-electron chi connectivity index (χ2n) is 7.44. The Morgan fingerprint density at radius 3 is 2.41 bits per heavy atom. The van der Waals surface area contributed by atoms with Crippen molar-refractivity contribution < 1.29 is 18.3 Å². The van der Waals surface area contributed by atoms with Crippen LogP contribution in [-0.2, 0) is 14.8 Å². The fourth-order valence-electron chi connectivity index (χ4n) is 3.33. The smallest absolute Gasteiger partial charge is 0.285 e. The molecule has 0 aliphatic rings. The maximum absolute atomic E-state index is 13.4. The van der Waals surface area contributed by atoms with Gasteiger partial charge in [0, 0.05) is 5.39 Å². The van der Waals surface area contributed by atoms with Gasteiger partial charge in [-0.3, -0.25) is 9.10 Å². The number of hydrogen-bond donors (Lipinski definition) is 2. The highest BCUT2D eigenvalue weighted by molar-refractivity contribution is 7.92. The topological polar surface area (TPSA) is 139 Å². The van der Waals surface area contributed by atoms with E-state index in [1.54, 1.807) is 48.5 Å². The minimum atomic E-state index is -4.16. The van der Waals surface area contributed by atoms with Crippen molar-refractivity contribution in [3.63, 3.8) is 0 Å². The number of carbonyl (C=O) groups is 1. The zero-order valence-electron chi connectivity index (χ0n) is 18.0. The van der Waals surface area contributed by atoms with Crippen LogP contribution in [0.2, 0.25) is 0 Å². The van der Waals surface area contributed by atoms with Gasteiger partial charge in [-0.15, -0.1) is 10.2 Å². The molecule has 3 aromatic carbocycles. The van der Waals surface area contributed by atoms with Crippen LogP contribution >= 0.6 is 0 Å². The molecule has 9 nitrogen and oxygen atoms in total. The number of nitriles is 1. The van der Waals surface area contributed by atoms with Gasteiger partial charge < -0.3 is 10.1 Å². The highest BCUT2D eigenvalue weighted by atomic mass is 32.2. The molecule has 0 unspecified atom stereocenters. The molecule has 0 saturated heterocycles. The molecule has 10 heteroatoms. The summed E-state index contributed by atoms with van der Waals surface area (Å²) in [6.07, 6.45) is 0. The lowest BCUT2D eigenvalue weighted by Gasteiger charge is -2.23. The lowest BCUT2D eigenvalue weighted by Crippen LogP contribution is -2.35. The molecule has 34 heavy (non-hydrogen) atoms. The second-order valence-corrected chi connectivity index (χ2v) is 9.31. The van der Waals surface area contributed by atoms with Gasteiger partial charge in [-0.1, -0.05) is 35.9 Å². The van der Waals surface area contributed by atoms with Crippen molar-refractivity contribution in [1.29, 1.82) is 5.26 Å². The van der Waals surface area contributed by atoms with Gasteiger partial charge >= 0.3 is 0 Å². The Hall–Kier alpha value is -4.49. The third-order valence-electron chi connectivity index (χ3n) is 5.09. The number of fused-ring (bicyclic) bond motifs is 1. The molecule has 0 aliphatic heterocycles. The molecule has 4 aromatic rings. The molecule has 1 amide bonds. The van der Waals surface area contributed by atoms with Crippen molar-refractivity contribution in [2.45, 2.75) is 11.8 Å². The number of amides is 1. The summed E-state index contributed by atoms with van der Waals surface area (Å²) in [5.41, 5.74) is 2.20. The first-order valence-electron chi connectivity index (χ1n) is 10.1. The van der Waals surface area contributed by atoms with E-state index in [0.717, 1.165) is 9.87 Å². The number of aryl methyl sites for hydroxylation is 1. The van der Waals surface area contributed by atoms with Gasteiger partial charge in [0.05, 0.1) is 27.7 Å². The van der Waals surface area contributed by atoms with Crippen LogP contribution in [0.3, 0.4) is 0 Å². The molecule has 0 radical (unpaired) electrons. The summed E-state index contributed by atoms with van der Waals surface area (Å²) >= 11 is 0. The number of benzene rings is 3. The van der Waals surface area contributed by atoms with Gasteiger partial charge in [-0.25, -0.2) is 8.42 Å². The Morgan fingerprint density at radius 2 is 1.74 bits per heavy atom. The zero-order valence-corrected chi connectivity index (χ0v) is 18.8. The van der Waals surface area contributed by atoms with Crippen LogP contribution < -0.4 is 4.31 Å². The summed E-state index contributed by atoms with van der Waals surface area (Å²) < 4.78 is 27.7. The third-order valence-corrected chi connectivity index (χ3v) is 6.88. The summed E-state index contributed by atoms with van der Waals surface area (Å²) in [5, 5.41) is 27.2. The number of azo groups is 1. The summed E-state index contributed by atoms with van der Waals surface area (Å²) in [5.74, 6) is -1.08. The van der Waals surface area contributed by atoms with Crippen LogP contribution in [0.25, 0.3) is 10.9 Å². The van der Waals surface area contributed by atoms with Crippen LogP contribution in [0.15, 0.2) is 87.9 Å². The summed E-state index contributed by atoms with van der Waals surface area (Å²) in [7, 11) is -4.16. The standard InChI is InChI=1S/C24H19N5O4S/c1-16-6-10-18(11-7-16)29(34(32,33)19-12-8-17(14-25)9-13-19)15-22(30)27-28-23-20-4-2-3-5-21(20)26-24(23)31/h2-13,26,31H,15H2,1H3. The monoisotopic (exact) mass is 473 g/mol. The first kappa shape index (κ1) is 22.7. The third kappa shape index (κ3) is 4.51. The highest BCUT2D eigenvalue weighted by Crippen LogP contribution is 2.35. The maximum atomic E-state index is 13.4. The summed E-state index contributed by atoms with van der Waals surface area (Å²) in [4.78, 5) is 15.4. The van der Waals surface area contributed by atoms with Crippen LogP contribution in [0.5, 0.6) is 5.88 Å². The molecule has 0 aliphatic carbocycles. The van der Waals surface area contributed by atoms with Crippen molar-refractivity contribution in [1.82, 2.24) is 4.98 Å². The SMILES string of the molecule is Cc1ccc(N(CC(=O)N=Nc2c(O)[nH]c3ccccc23)S(=O)(=O)c2ccc(C#N)cc2)cc1. The molecule has 0 saturated carbocycles. The molecular formula is C24H19N5O4S. The molecule has 0 fully saturated rings. The fraction of sp³-hybridized carbons (Fsp3) is 0.0833. The number of sulfonamides is 1. The number of rotatable bonds is 6. The number of nitrogens with zero attached hydrogens (tertiary/aromatic N) is 4. The molecule has 0 bridgehead atoms. The van der Waals surface area contributed by atoms with Crippen LogP contribution in [0.1, 0.15) is 11.1 Å². The number of aromatic hydroxyl groups is 1. The van der Waals surface area contributed by atoms with Gasteiger partial charge in [0.15, 0.2) is 5.69 Å². The number of nitrogens with one attached hydrogen (secondary N) is 1. The number of hydrogen-bond acceptors (Lipinski definition) is 6. The number of anilines is 1. The first-order valence-corrected chi connectivity index (χ1v) is 11.6. The molecule has 1 aromatic heterocycles. The molecule has 1 heterocycles. The van der Waals surface area contributed by atoms with E-state index in [2.05, 4.69) is 15.2 Å². The highest BCUT2D eigenvalue weighted by Gasteiger charge is 2.27. The average molecular weight is 474 g/mol. The molecule has 0 spiro atoms. The maximum Gasteiger partial charge on any atom is 0.285 e. The Labute approximate surface area is 195 Å². The van der Waals surface area contributed by atoms with Gasteiger partial charge in [0.25, 0.3) is 15.9 Å². The van der Waals surface area contributed by atoms with Crippen LogP contribution in [0.4, 0.5) is 11.4 Å². The van der Waals surface area contributed by atoms with Crippen molar-refractivity contribution in [3.05, 3.63) is 83.9 Å². The lowest BCUT2D eigenvalue weighted by atomic mass is 10.2. The minimum absolute atomic E-state index is 0.0777. The molecular weight excluding hydrogens is 454 g/mol. The van der Waals surface area contributed by atoms with Crippen LogP contribution in [-0.4, -0.2) is 31.0 Å². The average Bonchev–Trinajstić information content (AvgIpc) is 3.16. The molecule has 170 valence electrons. The van der Waals surface area contributed by atoms with Crippen LogP contribution in [0, 0.1) is 18.3 Å². The van der Waals surface area contributed by atoms with E-state index >= 15 is 0 Å². The van der Waals surface area contributed by atoms with E-state index in [0.29, 0.717) is 16.5 Å². The van der Waals surface area contributed by atoms with E-state index in [1.807, 2.05) is 13.0 Å². The van der Waals surface area contributed by atoms with Gasteiger partial charge in [0.1, 0.15) is 6.54 Å². The Balaban J connectivity index is 1.67. The zero-order chi connectivity index (χ0) is 24.3. The van der Waals surface area contributed by atoms with E-state index in [1.165, 1.54) is 24.3 Å². The summed E-state index contributed by atoms with van der Waals surface area (Å²) in [6, 6.07) is 20.9. The van der Waals surface area contributed by atoms with Crippen molar-refractivity contribution in [2.75, 3.05) is 10.8 Å². The number of H-pyrrole nitrogens is 1. The first-order chi connectivity index (χ1) is 16.3. The van der Waals surface area contributed by atoms with E-state index in [-0.39, 0.29) is 22.2 Å². The van der Waals surface area contributed by atoms with Gasteiger partial charge in [-0.2, -0.15) is 5.26 Å². The fourth-order valence-corrected chi connectivity index (χ4v) is 4.74. The van der Waals surface area contributed by atoms with Crippen molar-refractivity contribution in [3.8, 4) is 11.9 Å². The number of aromatic nitrogens is 1. The van der Waals surface area contributed by atoms with E-state index < -0.39 is 22.5 Å². The normalized spacial score (nSPS) is 11.5. The lowest BCUT2D eigenvalue weighted by molar-refractivity contribution is -0.116. The second kappa shape index (κ2) is 9.17. The molecule has 0 atom stereocenters. The number of para-hydroxylation sites is 1. The minimum Gasteiger partial charge on any atom is -0.493 e. The molecule has 4 rings (SSSR count). The van der Waals surface area contributed by atoms with Gasteiger partial charge in [0.2, 0.25) is 5.88 Å². The number of carbonyl (C=O) groups excluding carboxylic acids is 1. The predicted molar refractivity (Wildman–Crippen MR) is 126 cm³/mol. The molecule has 2 N–H and O–H groups in total. The summed E-state index contributed by atoms with van der Waals surface area (Å²) in [6.45, 7) is 1.24.